The molecule has 8 aromatic rings. The predicted molar refractivity (Wildman–Crippen MR) is 434 cm³/mol. The number of piperidine rings is 1. The van der Waals surface area contributed by atoms with E-state index in [2.05, 4.69) is 85.3 Å². The fourth-order valence-electron chi connectivity index (χ4n) is 11.5. The van der Waals surface area contributed by atoms with E-state index in [-0.39, 0.29) is 36.1 Å². The molecule has 0 amide bonds. The lowest BCUT2D eigenvalue weighted by Crippen LogP contribution is -2.46. The van der Waals surface area contributed by atoms with E-state index in [1.165, 1.54) is 77.0 Å². The number of aliphatic hydroxyl groups is 1. The van der Waals surface area contributed by atoms with Crippen molar-refractivity contribution in [2.45, 2.75) is 177 Å². The number of carbonyl (C=O) groups is 2. The molecule has 2 bridgehead atoms. The minimum absolute atomic E-state index is 0. The molecule has 2 unspecified atom stereocenters. The van der Waals surface area contributed by atoms with E-state index < -0.39 is 40.4 Å². The highest BCUT2D eigenvalue weighted by Gasteiger charge is 2.40. The van der Waals surface area contributed by atoms with Crippen molar-refractivity contribution in [3.05, 3.63) is 250 Å². The van der Waals surface area contributed by atoms with Gasteiger partial charge in [-0.25, -0.2) is 66.2 Å². The maximum Gasteiger partial charge on any atom is 0.414 e. The molecular weight excluding hydrogens is 1500 g/mol. The molecule has 2 aliphatic heterocycles. The molecule has 0 aliphatic carbocycles. The second kappa shape index (κ2) is 53.1. The first-order valence-electron chi connectivity index (χ1n) is 37.0. The summed E-state index contributed by atoms with van der Waals surface area (Å²) in [4.78, 5) is 133. The molecule has 113 heavy (non-hydrogen) atoms. The summed E-state index contributed by atoms with van der Waals surface area (Å²) in [5.41, 5.74) is 13.4. The van der Waals surface area contributed by atoms with Gasteiger partial charge in [-0.3, -0.25) is 28.2 Å². The first-order chi connectivity index (χ1) is 53.5. The highest BCUT2D eigenvalue weighted by Crippen LogP contribution is 2.37. The van der Waals surface area contributed by atoms with Gasteiger partial charge < -0.3 is 45.7 Å². The van der Waals surface area contributed by atoms with Gasteiger partial charge in [0, 0.05) is 112 Å². The zero-order valence-electron chi connectivity index (χ0n) is 66.3. The molecule has 0 radical (unpaired) electrons. The molecule has 6 heterocycles. The first-order valence-corrected chi connectivity index (χ1v) is 37.5. The molecule has 620 valence electrons. The smallest absolute Gasteiger partial charge is 0.414 e. The van der Waals surface area contributed by atoms with Crippen molar-refractivity contribution in [1.82, 2.24) is 61.4 Å². The fourth-order valence-corrected chi connectivity index (χ4v) is 11.6. The zero-order chi connectivity index (χ0) is 82.7. The van der Waals surface area contributed by atoms with Crippen LogP contribution in [0.15, 0.2) is 159 Å². The van der Waals surface area contributed by atoms with Gasteiger partial charge in [-0.2, -0.15) is 19.9 Å². The van der Waals surface area contributed by atoms with Crippen molar-refractivity contribution in [1.29, 1.82) is 0 Å². The summed E-state index contributed by atoms with van der Waals surface area (Å²) < 4.78 is 32.7. The summed E-state index contributed by atoms with van der Waals surface area (Å²) in [7, 11) is 5.70. The molecule has 10 rings (SSSR count). The Morgan fingerprint density at radius 2 is 0.832 bits per heavy atom. The van der Waals surface area contributed by atoms with Gasteiger partial charge in [0.1, 0.15) is 23.3 Å². The number of aryl methyl sites for hydroxylation is 5. The van der Waals surface area contributed by atoms with Gasteiger partial charge in [0.15, 0.2) is 0 Å². The molecule has 2 atom stereocenters. The summed E-state index contributed by atoms with van der Waals surface area (Å²) in [5.74, 6) is -0.785. The number of aliphatic hydroxyl groups excluding tert-OH is 1. The Labute approximate surface area is 667 Å². The van der Waals surface area contributed by atoms with E-state index in [0.717, 1.165) is 82.2 Å². The molecule has 0 spiro atoms. The van der Waals surface area contributed by atoms with Crippen molar-refractivity contribution < 1.29 is 43.9 Å². The Bertz CT molecular complexity index is 4610. The van der Waals surface area contributed by atoms with Crippen LogP contribution < -0.4 is 57.0 Å². The number of benzene rings is 4. The normalized spacial score (nSPS) is 13.9. The number of carboxylic acids is 2. The van der Waals surface area contributed by atoms with Crippen LogP contribution in [0.2, 0.25) is 0 Å². The largest absolute Gasteiger partial charge is 0.473 e. The molecule has 35 heteroatoms. The van der Waals surface area contributed by atoms with E-state index in [0.29, 0.717) is 138 Å². The number of carboxylic acid groups (broad SMARTS) is 2. The highest BCUT2D eigenvalue weighted by molar-refractivity contribution is 6.27. The average Bonchev–Trinajstić information content (AvgIpc) is 1.74. The maximum atomic E-state index is 12.3. The lowest BCUT2D eigenvalue weighted by Gasteiger charge is -2.39. The van der Waals surface area contributed by atoms with Crippen LogP contribution >= 0.6 is 24.0 Å². The molecule has 0 saturated carbocycles. The van der Waals surface area contributed by atoms with Gasteiger partial charge in [-0.05, 0) is 140 Å². The molecule has 2 aliphatic rings. The monoisotopic (exact) mass is 1610 g/mol. The SMILES string of the molecule is CC(N)=NCCCOCc1ccccc1.Cc1ccccc1COC1CC2CCC(C1)N2CCCn1c(C)nc(=O)n(C)c1=O.Cc1nc(=O)n(C)c(=O)n1CCCCl.Cc1nc(=O)n(C)c(=O)n1CCCO.Cc1nc(=O)n(C)c(=O)n1CCCOCc1ccccc1.Cl.NCCCOCc1ccccc1.O=C(O)C(=O)O. The van der Waals surface area contributed by atoms with E-state index in [1.807, 2.05) is 66.7 Å². The van der Waals surface area contributed by atoms with E-state index >= 15 is 0 Å². The standard InChI is InChI=1S/C23H32N4O3.C15H19N3O3.C12H18N2O.C10H15NO.C8H12ClN3O2.C8H13N3O3.C2H2O4.ClH/c1-16-7-4-5-8-18(16)15-30-21-13-19-9-10-20(14-21)27(19)12-6-11-26-17(2)24-22(28)25(3)23(26)29;1-12-16-14(19)17(2)15(20)18(12)9-6-10-21-11-13-7-4-3-5-8-13;1-11(13)14-8-5-9-15-10-12-6-3-2-4-7-12;11-7-4-8-12-9-10-5-2-1-3-6-10;1-6-10-7(13)11(2)8(14)12(6)5-3-4-9;1-6-9-7(13)10(2)8(14)11(6)4-3-5-12;3-1(4)2(5)6;/h4-5,7-8,19-21H,6,9-15H2,1-3H3;3-5,7-8H,6,9-11H2,1-2H3;2-4,6-7H,5,8-10H2,1H3,(H2,13,14);1-3,5-6H,4,7-9,11H2;3-5H2,1-2H3;12H,3-5H2,1-2H3;(H,3,4)(H,5,6);1H. The van der Waals surface area contributed by atoms with Crippen LogP contribution in [0.3, 0.4) is 0 Å². The minimum Gasteiger partial charge on any atom is -0.473 e. The first kappa shape index (κ1) is 97.2. The van der Waals surface area contributed by atoms with Gasteiger partial charge in [0.2, 0.25) is 0 Å². The fraction of sp³-hybridized carbons (Fsp3) is 0.500. The van der Waals surface area contributed by atoms with Gasteiger partial charge in [0.25, 0.3) is 0 Å². The lowest BCUT2D eigenvalue weighted by molar-refractivity contribution is -0.159. The van der Waals surface area contributed by atoms with E-state index in [4.69, 9.17) is 66.9 Å². The molecule has 33 nitrogen and oxygen atoms in total. The number of alkyl halides is 1. The summed E-state index contributed by atoms with van der Waals surface area (Å²) in [5, 5.41) is 23.4. The Morgan fingerprint density at radius 3 is 1.19 bits per heavy atom. The van der Waals surface area contributed by atoms with Gasteiger partial charge in [0.05, 0.1) is 38.4 Å². The third-order valence-corrected chi connectivity index (χ3v) is 18.0. The number of aliphatic imine (C=N–C) groups is 1. The van der Waals surface area contributed by atoms with Crippen LogP contribution in [0.25, 0.3) is 0 Å². The Morgan fingerprint density at radius 1 is 0.487 bits per heavy atom. The van der Waals surface area contributed by atoms with Gasteiger partial charge in [-0.15, -0.1) is 24.0 Å². The van der Waals surface area contributed by atoms with Gasteiger partial charge >= 0.3 is 57.5 Å². The van der Waals surface area contributed by atoms with Crippen LogP contribution in [0.1, 0.15) is 122 Å². The predicted octanol–water partition coefficient (Wildman–Crippen LogP) is 4.63. The number of hydrogen-bond donors (Lipinski definition) is 5. The molecular formula is C78H112Cl2N16O17. The van der Waals surface area contributed by atoms with E-state index in [9.17, 15) is 38.4 Å². The minimum atomic E-state index is -1.82. The Balaban J connectivity index is 0.000000356. The third kappa shape index (κ3) is 34.5. The number of nitrogens with two attached hydrogens (primary N) is 2. The molecule has 4 aromatic heterocycles. The number of fused-ring (bicyclic) bond motifs is 2. The van der Waals surface area contributed by atoms with Crippen LogP contribution in [0.4, 0.5) is 0 Å². The number of amidine groups is 1. The van der Waals surface area contributed by atoms with Crippen molar-refractivity contribution in [2.75, 3.05) is 51.9 Å². The molecule has 4 aromatic carbocycles. The molecule has 7 N–H and O–H groups in total. The highest BCUT2D eigenvalue weighted by atomic mass is 35.5. The summed E-state index contributed by atoms with van der Waals surface area (Å²) >= 11 is 5.52. The number of nitrogens with zero attached hydrogens (tertiary/aromatic N) is 14. The summed E-state index contributed by atoms with van der Waals surface area (Å²) in [6.45, 7) is 19.6. The second-order valence-electron chi connectivity index (χ2n) is 26.3. The van der Waals surface area contributed by atoms with Crippen LogP contribution in [0, 0.1) is 34.6 Å². The maximum absolute atomic E-state index is 12.3. The third-order valence-electron chi connectivity index (χ3n) is 17.7. The van der Waals surface area contributed by atoms with Crippen molar-refractivity contribution >= 4 is 41.8 Å². The summed E-state index contributed by atoms with van der Waals surface area (Å²) in [6, 6.07) is 39.8. The Hall–Kier alpha value is -9.97. The van der Waals surface area contributed by atoms with Gasteiger partial charge in [-0.1, -0.05) is 115 Å². The lowest BCUT2D eigenvalue weighted by atomic mass is 9.99. The number of aromatic nitrogens is 12. The Kier molecular flexibility index (Phi) is 45.7. The van der Waals surface area contributed by atoms with Crippen molar-refractivity contribution in [3.63, 3.8) is 0 Å². The number of aliphatic carboxylic acids is 2. The van der Waals surface area contributed by atoms with Crippen LogP contribution in [0.5, 0.6) is 0 Å². The second-order valence-corrected chi connectivity index (χ2v) is 26.6. The molecule has 2 fully saturated rings. The number of rotatable bonds is 30. The topological polar surface area (TPSA) is 427 Å². The molecule has 2 saturated heterocycles. The summed E-state index contributed by atoms with van der Waals surface area (Å²) in [6.07, 6.45) is 9.54. The quantitative estimate of drug-likeness (QED) is 0.0135. The van der Waals surface area contributed by atoms with E-state index in [1.54, 1.807) is 39.2 Å². The van der Waals surface area contributed by atoms with Crippen LogP contribution in [-0.2, 0) is 109 Å². The number of hydrogen-bond acceptors (Lipinski definition) is 22. The number of halogens is 2. The zero-order valence-corrected chi connectivity index (χ0v) is 67.9. The van der Waals surface area contributed by atoms with Crippen molar-refractivity contribution in [2.24, 2.45) is 44.7 Å². The number of ether oxygens (including phenoxy) is 4. The average molecular weight is 1620 g/mol. The van der Waals surface area contributed by atoms with Crippen LogP contribution in [-0.4, -0.2) is 165 Å². The van der Waals surface area contributed by atoms with Crippen molar-refractivity contribution in [3.8, 4) is 0 Å².